The molecule has 1 aromatic carbocycles. The second-order valence-electron chi connectivity index (χ2n) is 5.75. The SMILES string of the molecule is CCSc1ccc([N+](=O)[O-])cc1C(=O)NCC1(C(=O)O)CCOCC1. The summed E-state index contributed by atoms with van der Waals surface area (Å²) in [5, 5.41) is 23.1. The minimum atomic E-state index is -1.06. The quantitative estimate of drug-likeness (QED) is 0.430. The van der Waals surface area contributed by atoms with Gasteiger partial charge in [-0.1, -0.05) is 6.92 Å². The Morgan fingerprint density at radius 2 is 2.08 bits per heavy atom. The first-order valence-corrected chi connectivity index (χ1v) is 8.89. The first-order valence-electron chi connectivity index (χ1n) is 7.90. The Labute approximate surface area is 149 Å². The number of nitro groups is 1. The molecule has 1 heterocycles. The molecule has 136 valence electrons. The van der Waals surface area contributed by atoms with Gasteiger partial charge < -0.3 is 15.2 Å². The minimum Gasteiger partial charge on any atom is -0.481 e. The van der Waals surface area contributed by atoms with Crippen molar-refractivity contribution in [1.82, 2.24) is 5.32 Å². The van der Waals surface area contributed by atoms with Crippen molar-refractivity contribution >= 4 is 29.3 Å². The van der Waals surface area contributed by atoms with Gasteiger partial charge in [-0.25, -0.2) is 0 Å². The van der Waals surface area contributed by atoms with Crippen molar-refractivity contribution in [2.75, 3.05) is 25.5 Å². The van der Waals surface area contributed by atoms with Gasteiger partial charge in [0, 0.05) is 36.8 Å². The van der Waals surface area contributed by atoms with E-state index in [-0.39, 0.29) is 17.8 Å². The number of carboxylic acids is 1. The van der Waals surface area contributed by atoms with Crippen molar-refractivity contribution in [3.05, 3.63) is 33.9 Å². The number of hydrogen-bond acceptors (Lipinski definition) is 6. The molecule has 0 unspecified atom stereocenters. The molecule has 9 heteroatoms. The zero-order chi connectivity index (χ0) is 18.4. The molecule has 1 aliphatic heterocycles. The summed E-state index contributed by atoms with van der Waals surface area (Å²) in [5.74, 6) is -0.779. The number of carbonyl (C=O) groups is 2. The highest BCUT2D eigenvalue weighted by Crippen LogP contribution is 2.31. The van der Waals surface area contributed by atoms with Gasteiger partial charge in [-0.3, -0.25) is 19.7 Å². The van der Waals surface area contributed by atoms with Crippen LogP contribution in [0.4, 0.5) is 5.69 Å². The Morgan fingerprint density at radius 1 is 1.40 bits per heavy atom. The van der Waals surface area contributed by atoms with E-state index in [2.05, 4.69) is 5.32 Å². The largest absolute Gasteiger partial charge is 0.481 e. The molecule has 2 rings (SSSR count). The van der Waals surface area contributed by atoms with Crippen molar-refractivity contribution in [2.24, 2.45) is 5.41 Å². The van der Waals surface area contributed by atoms with Crippen LogP contribution in [0.5, 0.6) is 0 Å². The van der Waals surface area contributed by atoms with E-state index in [1.165, 1.54) is 23.9 Å². The van der Waals surface area contributed by atoms with Crippen LogP contribution in [0.1, 0.15) is 30.1 Å². The normalized spacial score (nSPS) is 16.2. The molecule has 0 aromatic heterocycles. The standard InChI is InChI=1S/C16H20N2O6S/c1-2-25-13-4-3-11(18(22)23)9-12(13)14(19)17-10-16(15(20)21)5-7-24-8-6-16/h3-4,9H,2,5-8,10H2,1H3,(H,17,19)(H,20,21). The molecular weight excluding hydrogens is 348 g/mol. The number of thioether (sulfide) groups is 1. The summed E-state index contributed by atoms with van der Waals surface area (Å²) in [7, 11) is 0. The Kier molecular flexibility index (Phi) is 6.38. The van der Waals surface area contributed by atoms with E-state index in [0.29, 0.717) is 36.7 Å². The lowest BCUT2D eigenvalue weighted by Gasteiger charge is -2.33. The maximum Gasteiger partial charge on any atom is 0.311 e. The molecule has 1 aromatic rings. The van der Waals surface area contributed by atoms with Crippen LogP contribution in [-0.4, -0.2) is 47.4 Å². The van der Waals surface area contributed by atoms with E-state index < -0.39 is 22.2 Å². The van der Waals surface area contributed by atoms with Crippen LogP contribution in [-0.2, 0) is 9.53 Å². The Bertz CT molecular complexity index is 673. The van der Waals surface area contributed by atoms with Crippen LogP contribution in [0.3, 0.4) is 0 Å². The maximum absolute atomic E-state index is 12.6. The smallest absolute Gasteiger partial charge is 0.311 e. The number of aliphatic carboxylic acids is 1. The number of carboxylic acid groups (broad SMARTS) is 1. The predicted molar refractivity (Wildman–Crippen MR) is 91.9 cm³/mol. The van der Waals surface area contributed by atoms with E-state index in [1.54, 1.807) is 6.07 Å². The lowest BCUT2D eigenvalue weighted by molar-refractivity contribution is -0.384. The van der Waals surface area contributed by atoms with Crippen molar-refractivity contribution in [3.63, 3.8) is 0 Å². The highest BCUT2D eigenvalue weighted by atomic mass is 32.2. The lowest BCUT2D eigenvalue weighted by atomic mass is 9.80. The summed E-state index contributed by atoms with van der Waals surface area (Å²) < 4.78 is 5.21. The number of nitrogens with zero attached hydrogens (tertiary/aromatic N) is 1. The summed E-state index contributed by atoms with van der Waals surface area (Å²) in [5.41, 5.74) is -1.05. The van der Waals surface area contributed by atoms with Gasteiger partial charge >= 0.3 is 5.97 Å². The van der Waals surface area contributed by atoms with E-state index in [9.17, 15) is 24.8 Å². The Hall–Kier alpha value is -2.13. The van der Waals surface area contributed by atoms with Crippen molar-refractivity contribution in [1.29, 1.82) is 0 Å². The highest BCUT2D eigenvalue weighted by molar-refractivity contribution is 7.99. The maximum atomic E-state index is 12.6. The first kappa shape index (κ1) is 19.2. The van der Waals surface area contributed by atoms with Crippen LogP contribution in [0.25, 0.3) is 0 Å². The van der Waals surface area contributed by atoms with Gasteiger partial charge in [0.15, 0.2) is 0 Å². The second kappa shape index (κ2) is 8.30. The Balaban J connectivity index is 2.20. The average Bonchev–Trinajstić information content (AvgIpc) is 2.60. The molecule has 0 radical (unpaired) electrons. The van der Waals surface area contributed by atoms with E-state index in [1.807, 2.05) is 6.92 Å². The van der Waals surface area contributed by atoms with Crippen LogP contribution in [0.15, 0.2) is 23.1 Å². The number of nitrogens with one attached hydrogen (secondary N) is 1. The summed E-state index contributed by atoms with van der Waals surface area (Å²) in [6.45, 7) is 2.53. The number of carbonyl (C=O) groups excluding carboxylic acids is 1. The summed E-state index contributed by atoms with van der Waals surface area (Å²) in [4.78, 5) is 35.2. The van der Waals surface area contributed by atoms with Crippen molar-refractivity contribution in [2.45, 2.75) is 24.7 Å². The molecule has 0 atom stereocenters. The van der Waals surface area contributed by atoms with E-state index in [4.69, 9.17) is 4.74 Å². The van der Waals surface area contributed by atoms with E-state index >= 15 is 0 Å². The molecule has 1 fully saturated rings. The number of ether oxygens (including phenoxy) is 1. The number of nitro benzene ring substituents is 1. The molecule has 1 saturated heterocycles. The summed E-state index contributed by atoms with van der Waals surface area (Å²) in [6.07, 6.45) is 0.627. The van der Waals surface area contributed by atoms with Gasteiger partial charge in [0.2, 0.25) is 0 Å². The van der Waals surface area contributed by atoms with Crippen LogP contribution >= 0.6 is 11.8 Å². The van der Waals surface area contributed by atoms with Gasteiger partial charge in [0.25, 0.3) is 11.6 Å². The average molecular weight is 368 g/mol. The molecule has 8 nitrogen and oxygen atoms in total. The zero-order valence-corrected chi connectivity index (χ0v) is 14.6. The number of non-ortho nitro benzene ring substituents is 1. The fraction of sp³-hybridized carbons (Fsp3) is 0.500. The van der Waals surface area contributed by atoms with Crippen LogP contribution < -0.4 is 5.32 Å². The van der Waals surface area contributed by atoms with Crippen molar-refractivity contribution < 1.29 is 24.4 Å². The molecule has 1 aliphatic rings. The number of amides is 1. The highest BCUT2D eigenvalue weighted by Gasteiger charge is 2.40. The van der Waals surface area contributed by atoms with Gasteiger partial charge in [-0.15, -0.1) is 11.8 Å². The molecule has 2 N–H and O–H groups in total. The number of rotatable bonds is 7. The Morgan fingerprint density at radius 3 is 2.64 bits per heavy atom. The molecule has 0 aliphatic carbocycles. The van der Waals surface area contributed by atoms with E-state index in [0.717, 1.165) is 0 Å². The van der Waals surface area contributed by atoms with Gasteiger partial charge in [-0.05, 0) is 24.7 Å². The van der Waals surface area contributed by atoms with Gasteiger partial charge in [0.05, 0.1) is 15.9 Å². The lowest BCUT2D eigenvalue weighted by Crippen LogP contribution is -2.46. The monoisotopic (exact) mass is 368 g/mol. The fourth-order valence-electron chi connectivity index (χ4n) is 2.66. The number of hydrogen-bond donors (Lipinski definition) is 2. The minimum absolute atomic E-state index is 0.0382. The van der Waals surface area contributed by atoms with Gasteiger partial charge in [0.1, 0.15) is 0 Å². The summed E-state index contributed by atoms with van der Waals surface area (Å²) in [6, 6.07) is 4.12. The molecule has 1 amide bonds. The molecule has 0 bridgehead atoms. The van der Waals surface area contributed by atoms with Crippen LogP contribution in [0, 0.1) is 15.5 Å². The molecule has 0 spiro atoms. The fourth-order valence-corrected chi connectivity index (χ4v) is 3.45. The topological polar surface area (TPSA) is 119 Å². The summed E-state index contributed by atoms with van der Waals surface area (Å²) >= 11 is 1.40. The first-order chi connectivity index (χ1) is 11.9. The van der Waals surface area contributed by atoms with Crippen LogP contribution in [0.2, 0.25) is 0 Å². The van der Waals surface area contributed by atoms with Crippen molar-refractivity contribution in [3.8, 4) is 0 Å². The van der Waals surface area contributed by atoms with Gasteiger partial charge in [-0.2, -0.15) is 0 Å². The molecule has 25 heavy (non-hydrogen) atoms. The molecular formula is C16H20N2O6S. The second-order valence-corrected chi connectivity index (χ2v) is 7.06. The third kappa shape index (κ3) is 4.49. The third-order valence-electron chi connectivity index (χ3n) is 4.21. The molecule has 0 saturated carbocycles. The third-order valence-corrected chi connectivity index (χ3v) is 5.17. The zero-order valence-electron chi connectivity index (χ0n) is 13.8. The predicted octanol–water partition coefficient (Wildman–Crippen LogP) is 2.32. The number of benzene rings is 1.